The summed E-state index contributed by atoms with van der Waals surface area (Å²) in [6, 6.07) is 11.5. The zero-order valence-corrected chi connectivity index (χ0v) is 22.5. The normalized spacial score (nSPS) is 23.6. The van der Waals surface area contributed by atoms with Gasteiger partial charge < -0.3 is 45.6 Å². The Morgan fingerprint density at radius 2 is 1.73 bits per heavy atom. The summed E-state index contributed by atoms with van der Waals surface area (Å²) in [5, 5.41) is 56.9. The first-order valence-electron chi connectivity index (χ1n) is 12.5. The van der Waals surface area contributed by atoms with Crippen LogP contribution in [0.1, 0.15) is 23.1 Å². The molecule has 1 heterocycles. The molecule has 6 atom stereocenters. The number of carboxylic acid groups (broad SMARTS) is 1. The number of carbonyl (C=O) groups excluding carboxylic acids is 2. The minimum Gasteiger partial charge on any atom is -0.477 e. The van der Waals surface area contributed by atoms with Gasteiger partial charge in [0.1, 0.15) is 18.8 Å². The maximum atomic E-state index is 12.4. The number of nitrogens with one attached hydrogen (secondary N) is 2. The summed E-state index contributed by atoms with van der Waals surface area (Å²) in [6.45, 7) is -1.74. The van der Waals surface area contributed by atoms with E-state index in [1.807, 2.05) is 0 Å². The van der Waals surface area contributed by atoms with Crippen LogP contribution in [0.25, 0.3) is 0 Å². The minimum atomic E-state index is -2.49. The Morgan fingerprint density at radius 3 is 2.32 bits per heavy atom. The Morgan fingerprint density at radius 1 is 1.10 bits per heavy atom. The van der Waals surface area contributed by atoms with E-state index in [1.165, 1.54) is 0 Å². The van der Waals surface area contributed by atoms with Gasteiger partial charge in [-0.05, 0) is 35.4 Å². The number of carbonyl (C=O) groups is 3. The third-order valence-electron chi connectivity index (χ3n) is 6.48. The average Bonchev–Trinajstić information content (AvgIpc) is 2.96. The number of benzene rings is 2. The first kappa shape index (κ1) is 32.0. The van der Waals surface area contributed by atoms with E-state index in [1.54, 1.807) is 48.5 Å². The molecule has 1 aliphatic rings. The van der Waals surface area contributed by atoms with E-state index in [-0.39, 0.29) is 13.0 Å². The number of aliphatic hydroxyl groups excluding tert-OH is 4. The molecular formula is C28H31ClN2O10. The van der Waals surface area contributed by atoms with Crippen LogP contribution >= 0.6 is 11.6 Å². The van der Waals surface area contributed by atoms with Gasteiger partial charge in [0.2, 0.25) is 11.8 Å². The van der Waals surface area contributed by atoms with Crippen LogP contribution in [0.5, 0.6) is 0 Å². The van der Waals surface area contributed by atoms with Crippen LogP contribution in [0.15, 0.2) is 48.5 Å². The highest BCUT2D eigenvalue weighted by Crippen LogP contribution is 2.34. The topological polar surface area (TPSA) is 195 Å². The number of amides is 2. The highest BCUT2D eigenvalue weighted by molar-refractivity contribution is 6.30. The number of aliphatic hydroxyl groups is 4. The molecule has 1 saturated heterocycles. The molecule has 1 aliphatic heterocycles. The van der Waals surface area contributed by atoms with E-state index < -0.39 is 73.6 Å². The standard InChI is InChI=1S/C28H31ClN2O10/c1-2-16-3-5-18(6-4-16)15-40-28(27(38)39)12-20(33)24(31-23(36)14-32)26(41-28)25(37)21(34)13-30-22(35)11-17-7-9-19(29)10-8-17/h1,3-10,20-21,24-26,32-34,37H,11-15H2,(H,30,35)(H,31,36)(H,38,39)/t20-,21+,24+,25+,26+,28+/m0/s1. The van der Waals surface area contributed by atoms with Gasteiger partial charge in [-0.1, -0.05) is 41.8 Å². The van der Waals surface area contributed by atoms with Crippen molar-refractivity contribution in [3.63, 3.8) is 0 Å². The smallest absolute Gasteiger partial charge is 0.364 e. The van der Waals surface area contributed by atoms with E-state index in [4.69, 9.17) is 27.5 Å². The number of halogens is 1. The fourth-order valence-corrected chi connectivity index (χ4v) is 4.38. The minimum absolute atomic E-state index is 0.0495. The summed E-state index contributed by atoms with van der Waals surface area (Å²) in [6.07, 6.45) is -2.41. The van der Waals surface area contributed by atoms with Crippen molar-refractivity contribution in [1.82, 2.24) is 10.6 Å². The maximum absolute atomic E-state index is 12.4. The molecule has 41 heavy (non-hydrogen) atoms. The van der Waals surface area contributed by atoms with Crippen molar-refractivity contribution in [3.8, 4) is 12.3 Å². The van der Waals surface area contributed by atoms with Gasteiger partial charge in [0.05, 0.1) is 31.3 Å². The molecule has 0 unspecified atom stereocenters. The molecule has 0 radical (unpaired) electrons. The van der Waals surface area contributed by atoms with Gasteiger partial charge in [0.15, 0.2) is 0 Å². The van der Waals surface area contributed by atoms with E-state index in [2.05, 4.69) is 16.6 Å². The van der Waals surface area contributed by atoms with Gasteiger partial charge in [-0.3, -0.25) is 9.59 Å². The van der Waals surface area contributed by atoms with Crippen LogP contribution in [0, 0.1) is 12.3 Å². The summed E-state index contributed by atoms with van der Waals surface area (Å²) in [4.78, 5) is 36.6. The zero-order valence-electron chi connectivity index (χ0n) is 21.8. The quantitative estimate of drug-likeness (QED) is 0.156. The first-order chi connectivity index (χ1) is 19.5. The molecule has 0 aromatic heterocycles. The third kappa shape index (κ3) is 8.48. The second-order valence-corrected chi connectivity index (χ2v) is 9.90. The number of carboxylic acids is 1. The SMILES string of the molecule is C#Cc1ccc(CO[C@]2(C(=O)O)C[C@H](O)[C@@H](NC(=O)CO)[C@H]([C@H](O)[C@H](O)CNC(=O)Cc3ccc(Cl)cc3)O2)cc1. The molecule has 12 nitrogen and oxygen atoms in total. The highest BCUT2D eigenvalue weighted by Gasteiger charge is 2.55. The van der Waals surface area contributed by atoms with Gasteiger partial charge in [-0.2, -0.15) is 0 Å². The summed E-state index contributed by atoms with van der Waals surface area (Å²) in [7, 11) is 0. The Balaban J connectivity index is 1.76. The number of hydrogen-bond acceptors (Lipinski definition) is 9. The van der Waals surface area contributed by atoms with Crippen LogP contribution < -0.4 is 10.6 Å². The monoisotopic (exact) mass is 590 g/mol. The predicted octanol–water partition coefficient (Wildman–Crippen LogP) is -0.674. The van der Waals surface area contributed by atoms with Crippen LogP contribution in [-0.4, -0.2) is 92.7 Å². The molecule has 0 saturated carbocycles. The lowest BCUT2D eigenvalue weighted by atomic mass is 9.88. The second kappa shape index (κ2) is 14.4. The summed E-state index contributed by atoms with van der Waals surface area (Å²) in [5.41, 5.74) is 1.76. The molecule has 0 aliphatic carbocycles. The summed E-state index contributed by atoms with van der Waals surface area (Å²) in [5.74, 6) is -3.12. The molecule has 0 bridgehead atoms. The van der Waals surface area contributed by atoms with E-state index >= 15 is 0 Å². The number of terminal acetylenes is 1. The van der Waals surface area contributed by atoms with E-state index in [9.17, 15) is 39.9 Å². The number of hydrogen-bond donors (Lipinski definition) is 7. The molecule has 220 valence electrons. The van der Waals surface area contributed by atoms with Gasteiger partial charge >= 0.3 is 5.97 Å². The van der Waals surface area contributed by atoms with Crippen molar-refractivity contribution in [2.45, 2.75) is 55.7 Å². The van der Waals surface area contributed by atoms with Crippen LogP contribution in [0.2, 0.25) is 5.02 Å². The Hall–Kier alpha value is -3.54. The lowest BCUT2D eigenvalue weighted by Gasteiger charge is -2.46. The molecular weight excluding hydrogens is 560 g/mol. The second-order valence-electron chi connectivity index (χ2n) is 9.46. The summed E-state index contributed by atoms with van der Waals surface area (Å²) >= 11 is 5.84. The van der Waals surface area contributed by atoms with Gasteiger partial charge in [-0.15, -0.1) is 6.42 Å². The average molecular weight is 591 g/mol. The van der Waals surface area contributed by atoms with E-state index in [0.717, 1.165) is 0 Å². The van der Waals surface area contributed by atoms with Gasteiger partial charge in [-0.25, -0.2) is 4.79 Å². The summed E-state index contributed by atoms with van der Waals surface area (Å²) < 4.78 is 11.3. The third-order valence-corrected chi connectivity index (χ3v) is 6.73. The molecule has 2 amide bonds. The van der Waals surface area contributed by atoms with Crippen LogP contribution in [0.3, 0.4) is 0 Å². The van der Waals surface area contributed by atoms with Gasteiger partial charge in [0.25, 0.3) is 5.79 Å². The highest BCUT2D eigenvalue weighted by atomic mass is 35.5. The molecule has 3 rings (SSSR count). The van der Waals surface area contributed by atoms with Crippen LogP contribution in [0.4, 0.5) is 0 Å². The first-order valence-corrected chi connectivity index (χ1v) is 12.9. The van der Waals surface area contributed by atoms with Crippen molar-refractivity contribution in [1.29, 1.82) is 0 Å². The molecule has 2 aromatic carbocycles. The zero-order chi connectivity index (χ0) is 30.2. The Labute approximate surface area is 240 Å². The van der Waals surface area contributed by atoms with Crippen LogP contribution in [-0.2, 0) is 36.9 Å². The molecule has 1 fully saturated rings. The van der Waals surface area contributed by atoms with Crippen molar-refractivity contribution in [2.24, 2.45) is 0 Å². The Kier molecular flexibility index (Phi) is 11.2. The maximum Gasteiger partial charge on any atom is 0.364 e. The van der Waals surface area contributed by atoms with Crippen molar-refractivity contribution >= 4 is 29.4 Å². The predicted molar refractivity (Wildman–Crippen MR) is 144 cm³/mol. The number of aliphatic carboxylic acids is 1. The Bertz CT molecular complexity index is 1250. The molecule has 7 N–H and O–H groups in total. The number of ether oxygens (including phenoxy) is 2. The lowest BCUT2D eigenvalue weighted by Crippen LogP contribution is -2.68. The lowest BCUT2D eigenvalue weighted by molar-refractivity contribution is -0.314. The van der Waals surface area contributed by atoms with Crippen molar-refractivity contribution in [3.05, 3.63) is 70.2 Å². The molecule has 13 heteroatoms. The largest absolute Gasteiger partial charge is 0.477 e. The van der Waals surface area contributed by atoms with Crippen molar-refractivity contribution in [2.75, 3.05) is 13.2 Å². The molecule has 0 spiro atoms. The van der Waals surface area contributed by atoms with Crippen molar-refractivity contribution < 1.29 is 49.4 Å². The van der Waals surface area contributed by atoms with Gasteiger partial charge in [0, 0.05) is 23.6 Å². The fraction of sp³-hybridized carbons (Fsp3) is 0.393. The number of rotatable bonds is 12. The fourth-order valence-electron chi connectivity index (χ4n) is 4.25. The molecule has 2 aromatic rings. The van der Waals surface area contributed by atoms with E-state index in [0.29, 0.717) is 21.7 Å².